The van der Waals surface area contributed by atoms with Gasteiger partial charge in [0, 0.05) is 4.88 Å². The van der Waals surface area contributed by atoms with Crippen LogP contribution >= 0.6 is 27.3 Å². The maximum absolute atomic E-state index is 5.30. The molecule has 1 heterocycles. The molecular weight excluding hydrogens is 308 g/mol. The maximum atomic E-state index is 5.30. The quantitative estimate of drug-likeness (QED) is 0.710. The Labute approximate surface area is 121 Å². The Hall–Kier alpha value is -0.800. The van der Waals surface area contributed by atoms with E-state index in [1.54, 1.807) is 7.11 Å². The average Bonchev–Trinajstić information content (AvgIpc) is 2.86. The van der Waals surface area contributed by atoms with Gasteiger partial charge in [0.05, 0.1) is 11.9 Å². The second kappa shape index (κ2) is 5.89. The number of alkyl halides is 1. The van der Waals surface area contributed by atoms with Gasteiger partial charge in [-0.15, -0.1) is 11.3 Å². The summed E-state index contributed by atoms with van der Waals surface area (Å²) in [6.07, 6.45) is 1.08. The lowest BCUT2D eigenvalue weighted by Crippen LogP contribution is -1.95. The summed E-state index contributed by atoms with van der Waals surface area (Å²) in [6, 6.07) is 8.57. The monoisotopic (exact) mass is 324 g/mol. The lowest BCUT2D eigenvalue weighted by atomic mass is 10.0. The van der Waals surface area contributed by atoms with E-state index in [0.717, 1.165) is 12.2 Å². The predicted octanol–water partition coefficient (Wildman–Crippen LogP) is 5.11. The van der Waals surface area contributed by atoms with Crippen molar-refractivity contribution in [2.75, 3.05) is 7.11 Å². The fourth-order valence-corrected chi connectivity index (χ4v) is 3.97. The molecule has 1 aromatic carbocycles. The Bertz CT molecular complexity index is 533. The second-order valence-electron chi connectivity index (χ2n) is 4.26. The minimum absolute atomic E-state index is 0.275. The van der Waals surface area contributed by atoms with Crippen molar-refractivity contribution in [2.45, 2.75) is 25.1 Å². The molecule has 0 saturated carbocycles. The van der Waals surface area contributed by atoms with E-state index in [-0.39, 0.29) is 4.83 Å². The number of ether oxygens (including phenoxy) is 1. The van der Waals surface area contributed by atoms with Gasteiger partial charge < -0.3 is 4.74 Å². The highest BCUT2D eigenvalue weighted by molar-refractivity contribution is 9.09. The highest BCUT2D eigenvalue weighted by Gasteiger charge is 2.16. The van der Waals surface area contributed by atoms with Crippen LogP contribution in [0.4, 0.5) is 0 Å². The van der Waals surface area contributed by atoms with Crippen LogP contribution in [0.2, 0.25) is 0 Å². The molecule has 2 rings (SSSR count). The van der Waals surface area contributed by atoms with Crippen LogP contribution in [0.5, 0.6) is 5.75 Å². The number of methoxy groups -OCH3 is 1. The Morgan fingerprint density at radius 2 is 2.11 bits per heavy atom. The first-order chi connectivity index (χ1) is 8.67. The van der Waals surface area contributed by atoms with Crippen molar-refractivity contribution >= 4 is 27.3 Å². The first-order valence-electron chi connectivity index (χ1n) is 6.02. The minimum Gasteiger partial charge on any atom is -0.496 e. The van der Waals surface area contributed by atoms with Gasteiger partial charge in [-0.3, -0.25) is 0 Å². The van der Waals surface area contributed by atoms with E-state index < -0.39 is 0 Å². The molecule has 0 amide bonds. The van der Waals surface area contributed by atoms with Crippen molar-refractivity contribution in [3.8, 4) is 5.75 Å². The summed E-state index contributed by atoms with van der Waals surface area (Å²) in [5, 5.41) is 2.17. The largest absolute Gasteiger partial charge is 0.496 e. The molecule has 3 heteroatoms. The van der Waals surface area contributed by atoms with Crippen molar-refractivity contribution in [3.05, 3.63) is 51.2 Å². The van der Waals surface area contributed by atoms with Gasteiger partial charge in [0.1, 0.15) is 5.75 Å². The molecule has 2 aromatic rings. The molecule has 0 aliphatic carbocycles. The van der Waals surface area contributed by atoms with Gasteiger partial charge in [0.15, 0.2) is 0 Å². The fourth-order valence-electron chi connectivity index (χ4n) is 2.07. The molecule has 0 bridgehead atoms. The van der Waals surface area contributed by atoms with Crippen molar-refractivity contribution in [1.82, 2.24) is 0 Å². The Morgan fingerprint density at radius 3 is 2.72 bits per heavy atom. The van der Waals surface area contributed by atoms with Crippen molar-refractivity contribution in [2.24, 2.45) is 0 Å². The van der Waals surface area contributed by atoms with Crippen molar-refractivity contribution in [3.63, 3.8) is 0 Å². The van der Waals surface area contributed by atoms with Crippen LogP contribution < -0.4 is 4.74 Å². The van der Waals surface area contributed by atoms with Gasteiger partial charge in [-0.2, -0.15) is 0 Å². The Balaban J connectivity index is 2.34. The number of thiophene rings is 1. The summed E-state index contributed by atoms with van der Waals surface area (Å²) in [5.41, 5.74) is 3.88. The molecule has 1 nitrogen and oxygen atoms in total. The summed E-state index contributed by atoms with van der Waals surface area (Å²) < 4.78 is 5.30. The minimum atomic E-state index is 0.275. The predicted molar refractivity (Wildman–Crippen MR) is 82.2 cm³/mol. The molecule has 96 valence electrons. The van der Waals surface area contributed by atoms with Gasteiger partial charge >= 0.3 is 0 Å². The average molecular weight is 325 g/mol. The van der Waals surface area contributed by atoms with Crippen LogP contribution in [0.15, 0.2) is 29.6 Å². The smallest absolute Gasteiger partial charge is 0.121 e. The van der Waals surface area contributed by atoms with E-state index in [9.17, 15) is 0 Å². The van der Waals surface area contributed by atoms with Gasteiger partial charge in [-0.25, -0.2) is 0 Å². The lowest BCUT2D eigenvalue weighted by molar-refractivity contribution is 0.411. The van der Waals surface area contributed by atoms with Crippen LogP contribution in [-0.2, 0) is 6.42 Å². The number of benzene rings is 1. The third-order valence-corrected chi connectivity index (χ3v) is 5.42. The molecule has 1 aromatic heterocycles. The first kappa shape index (κ1) is 13.6. The summed E-state index contributed by atoms with van der Waals surface area (Å²) in [7, 11) is 1.71. The zero-order valence-corrected chi connectivity index (χ0v) is 13.3. The zero-order chi connectivity index (χ0) is 13.1. The van der Waals surface area contributed by atoms with Crippen LogP contribution in [0.3, 0.4) is 0 Å². The number of halogens is 1. The van der Waals surface area contributed by atoms with Gasteiger partial charge in [-0.05, 0) is 47.5 Å². The summed E-state index contributed by atoms with van der Waals surface area (Å²) in [5.74, 6) is 0.945. The molecule has 0 radical (unpaired) electrons. The highest BCUT2D eigenvalue weighted by atomic mass is 79.9. The van der Waals surface area contributed by atoms with Crippen molar-refractivity contribution < 1.29 is 4.74 Å². The van der Waals surface area contributed by atoms with Gasteiger partial charge in [0.2, 0.25) is 0 Å². The molecule has 1 atom stereocenters. The highest BCUT2D eigenvalue weighted by Crippen LogP contribution is 2.38. The topological polar surface area (TPSA) is 9.23 Å². The molecule has 0 spiro atoms. The number of rotatable bonds is 4. The van der Waals surface area contributed by atoms with Gasteiger partial charge in [-0.1, -0.05) is 35.0 Å². The molecule has 0 aliphatic rings. The Morgan fingerprint density at radius 1 is 1.33 bits per heavy atom. The molecule has 0 fully saturated rings. The molecule has 1 unspecified atom stereocenters. The lowest BCUT2D eigenvalue weighted by Gasteiger charge is -2.13. The van der Waals surface area contributed by atoms with E-state index in [0.29, 0.717) is 0 Å². The van der Waals surface area contributed by atoms with Gasteiger partial charge in [0.25, 0.3) is 0 Å². The van der Waals surface area contributed by atoms with E-state index in [4.69, 9.17) is 4.74 Å². The number of hydrogen-bond donors (Lipinski definition) is 0. The standard InChI is InChI=1S/C15H17BrOS/c1-4-11-7-8-18-15(11)14(16)12-5-6-13(17-3)10(2)9-12/h5-9,14H,4H2,1-3H3. The summed E-state index contributed by atoms with van der Waals surface area (Å²) in [6.45, 7) is 4.28. The molecule has 0 saturated heterocycles. The van der Waals surface area contributed by atoms with Crippen LogP contribution in [0.25, 0.3) is 0 Å². The maximum Gasteiger partial charge on any atom is 0.121 e. The van der Waals surface area contributed by atoms with Crippen molar-refractivity contribution in [1.29, 1.82) is 0 Å². The summed E-state index contributed by atoms with van der Waals surface area (Å²) in [4.78, 5) is 1.68. The molecule has 18 heavy (non-hydrogen) atoms. The van der Waals surface area contributed by atoms with E-state index >= 15 is 0 Å². The van der Waals surface area contributed by atoms with Crippen LogP contribution in [-0.4, -0.2) is 7.11 Å². The summed E-state index contributed by atoms with van der Waals surface area (Å²) >= 11 is 5.63. The number of hydrogen-bond acceptors (Lipinski definition) is 2. The SMILES string of the molecule is CCc1ccsc1C(Br)c1ccc(OC)c(C)c1. The number of aryl methyl sites for hydroxylation is 2. The zero-order valence-electron chi connectivity index (χ0n) is 10.9. The second-order valence-corrected chi connectivity index (χ2v) is 6.12. The third-order valence-electron chi connectivity index (χ3n) is 3.10. The first-order valence-corrected chi connectivity index (χ1v) is 7.81. The Kier molecular flexibility index (Phi) is 4.46. The van der Waals surface area contributed by atoms with E-state index in [1.165, 1.54) is 21.6 Å². The fraction of sp³-hybridized carbons (Fsp3) is 0.333. The molecule has 0 aliphatic heterocycles. The molecular formula is C15H17BrOS. The third kappa shape index (κ3) is 2.62. The van der Waals surface area contributed by atoms with E-state index in [1.807, 2.05) is 17.4 Å². The van der Waals surface area contributed by atoms with E-state index in [2.05, 4.69) is 53.4 Å². The van der Waals surface area contributed by atoms with Crippen LogP contribution in [0.1, 0.15) is 33.3 Å². The van der Waals surface area contributed by atoms with Crippen LogP contribution in [0, 0.1) is 6.92 Å². The normalized spacial score (nSPS) is 12.4. The molecule has 0 N–H and O–H groups in total.